The highest BCUT2D eigenvalue weighted by Crippen LogP contribution is 2.32. The number of esters is 1. The number of piperazine rings is 1. The van der Waals surface area contributed by atoms with Gasteiger partial charge >= 0.3 is 5.97 Å². The largest absolute Gasteiger partial charge is 0.462 e. The molecule has 1 aromatic carbocycles. The zero-order valence-electron chi connectivity index (χ0n) is 20.1. The summed E-state index contributed by atoms with van der Waals surface area (Å²) in [6.45, 7) is 4.83. The summed E-state index contributed by atoms with van der Waals surface area (Å²) in [5.41, 5.74) is 0.863. The maximum atomic E-state index is 13.7. The summed E-state index contributed by atoms with van der Waals surface area (Å²) in [4.78, 5) is 46.1. The molecular formula is C25H29ClN4O4S. The van der Waals surface area contributed by atoms with Gasteiger partial charge in [-0.05, 0) is 50.7 Å². The van der Waals surface area contributed by atoms with Crippen LogP contribution < -0.4 is 10.5 Å². The molecule has 0 spiro atoms. The van der Waals surface area contributed by atoms with Gasteiger partial charge in [0.25, 0.3) is 11.5 Å². The van der Waals surface area contributed by atoms with Gasteiger partial charge in [-0.2, -0.15) is 0 Å². The van der Waals surface area contributed by atoms with Crippen molar-refractivity contribution in [3.05, 3.63) is 61.5 Å². The maximum absolute atomic E-state index is 13.7. The fraction of sp³-hybridized carbons (Fsp3) is 0.400. The Morgan fingerprint density at radius 1 is 1.14 bits per heavy atom. The molecule has 1 amide bonds. The van der Waals surface area contributed by atoms with Gasteiger partial charge in [0.2, 0.25) is 0 Å². The fourth-order valence-electron chi connectivity index (χ4n) is 4.34. The predicted molar refractivity (Wildman–Crippen MR) is 140 cm³/mol. The summed E-state index contributed by atoms with van der Waals surface area (Å²) in [5, 5.41) is 3.12. The molecule has 0 unspecified atom stereocenters. The highest BCUT2D eigenvalue weighted by molar-refractivity contribution is 7.12. The van der Waals surface area contributed by atoms with Crippen molar-refractivity contribution in [2.24, 2.45) is 0 Å². The summed E-state index contributed by atoms with van der Waals surface area (Å²) in [5.74, 6) is -0.651. The van der Waals surface area contributed by atoms with Crippen molar-refractivity contribution in [3.63, 3.8) is 0 Å². The predicted octanol–water partition coefficient (Wildman–Crippen LogP) is 3.42. The van der Waals surface area contributed by atoms with Crippen molar-refractivity contribution >= 4 is 51.4 Å². The van der Waals surface area contributed by atoms with Gasteiger partial charge in [-0.3, -0.25) is 9.59 Å². The van der Waals surface area contributed by atoms with Crippen LogP contribution in [0.5, 0.6) is 0 Å². The van der Waals surface area contributed by atoms with E-state index < -0.39 is 5.97 Å². The van der Waals surface area contributed by atoms with E-state index in [0.717, 1.165) is 5.39 Å². The van der Waals surface area contributed by atoms with Crippen molar-refractivity contribution in [1.82, 2.24) is 14.4 Å². The fourth-order valence-corrected chi connectivity index (χ4v) is 5.20. The minimum atomic E-state index is -0.648. The summed E-state index contributed by atoms with van der Waals surface area (Å²) in [6, 6.07) is 9.05. The minimum Gasteiger partial charge on any atom is -0.462 e. The molecule has 186 valence electrons. The van der Waals surface area contributed by atoms with Gasteiger partial charge in [0.1, 0.15) is 5.56 Å². The second kappa shape index (κ2) is 10.8. The van der Waals surface area contributed by atoms with Gasteiger partial charge in [0.05, 0.1) is 22.7 Å². The third-order valence-corrected chi connectivity index (χ3v) is 7.16. The van der Waals surface area contributed by atoms with Crippen LogP contribution in [0, 0.1) is 0 Å². The van der Waals surface area contributed by atoms with E-state index in [4.69, 9.17) is 16.3 Å². The second-order valence-corrected chi connectivity index (χ2v) is 10.0. The third-order valence-electron chi connectivity index (χ3n) is 6.07. The number of benzene rings is 1. The smallest absolute Gasteiger partial charge is 0.345 e. The molecule has 1 saturated heterocycles. The average Bonchev–Trinajstić information content (AvgIpc) is 3.37. The molecule has 4 rings (SSSR count). The van der Waals surface area contributed by atoms with Crippen LogP contribution in [-0.2, 0) is 11.3 Å². The van der Waals surface area contributed by atoms with Crippen molar-refractivity contribution in [2.75, 3.05) is 58.3 Å². The maximum Gasteiger partial charge on any atom is 0.345 e. The number of pyridine rings is 1. The molecule has 0 bridgehead atoms. The van der Waals surface area contributed by atoms with E-state index in [0.29, 0.717) is 60.4 Å². The Balaban J connectivity index is 1.79. The first kappa shape index (κ1) is 25.2. The third kappa shape index (κ3) is 5.22. The molecule has 0 saturated carbocycles. The van der Waals surface area contributed by atoms with E-state index in [-0.39, 0.29) is 23.6 Å². The first-order valence-corrected chi connectivity index (χ1v) is 12.8. The van der Waals surface area contributed by atoms with Gasteiger partial charge in [-0.1, -0.05) is 17.7 Å². The molecule has 10 heteroatoms. The molecule has 1 aliphatic heterocycles. The molecule has 1 aliphatic rings. The van der Waals surface area contributed by atoms with Crippen LogP contribution in [0.25, 0.3) is 10.9 Å². The number of carbonyl (C=O) groups excluding carboxylic acids is 2. The zero-order valence-corrected chi connectivity index (χ0v) is 21.7. The van der Waals surface area contributed by atoms with Gasteiger partial charge in [-0.15, -0.1) is 11.3 Å². The molecule has 3 heterocycles. The van der Waals surface area contributed by atoms with E-state index in [2.05, 4.69) is 0 Å². The van der Waals surface area contributed by atoms with Crippen LogP contribution in [0.2, 0.25) is 5.02 Å². The second-order valence-electron chi connectivity index (χ2n) is 8.62. The van der Waals surface area contributed by atoms with E-state index in [1.165, 1.54) is 11.3 Å². The lowest BCUT2D eigenvalue weighted by molar-refractivity contribution is 0.0523. The monoisotopic (exact) mass is 516 g/mol. The quantitative estimate of drug-likeness (QED) is 0.448. The number of rotatable bonds is 7. The number of carbonyl (C=O) groups is 2. The molecule has 0 N–H and O–H groups in total. The van der Waals surface area contributed by atoms with Crippen LogP contribution in [-0.4, -0.2) is 79.7 Å². The van der Waals surface area contributed by atoms with E-state index in [9.17, 15) is 14.4 Å². The standard InChI is InChI=1S/C25H29ClN4O4S/c1-4-34-25(33)21-22(28-10-12-29(13-11-28)23(31)20-6-5-15-35-20)18-16-17(26)7-8-19(18)30(24(21)32)14-9-27(2)3/h5-8,15-16H,4,9-14H2,1-3H3. The average molecular weight is 517 g/mol. The lowest BCUT2D eigenvalue weighted by Crippen LogP contribution is -2.49. The number of thiophene rings is 1. The Kier molecular flexibility index (Phi) is 7.78. The molecule has 35 heavy (non-hydrogen) atoms. The minimum absolute atomic E-state index is 0.00253. The highest BCUT2D eigenvalue weighted by Gasteiger charge is 2.30. The van der Waals surface area contributed by atoms with Crippen LogP contribution in [0.1, 0.15) is 27.0 Å². The van der Waals surface area contributed by atoms with Crippen LogP contribution in [0.4, 0.5) is 5.69 Å². The Hall–Kier alpha value is -2.88. The number of aromatic nitrogens is 1. The SMILES string of the molecule is CCOC(=O)c1c(N2CCN(C(=O)c3cccs3)CC2)c2cc(Cl)ccc2n(CCN(C)C)c1=O. The van der Waals surface area contributed by atoms with Gasteiger partial charge in [-0.25, -0.2) is 4.79 Å². The van der Waals surface area contributed by atoms with Gasteiger partial charge in [0.15, 0.2) is 0 Å². The Morgan fingerprint density at radius 3 is 2.51 bits per heavy atom. The van der Waals surface area contributed by atoms with Crippen molar-refractivity contribution in [1.29, 1.82) is 0 Å². The summed E-state index contributed by atoms with van der Waals surface area (Å²) in [7, 11) is 3.86. The number of fused-ring (bicyclic) bond motifs is 1. The first-order valence-electron chi connectivity index (χ1n) is 11.6. The molecule has 0 radical (unpaired) electrons. The first-order chi connectivity index (χ1) is 16.8. The van der Waals surface area contributed by atoms with Crippen molar-refractivity contribution in [2.45, 2.75) is 13.5 Å². The molecule has 0 atom stereocenters. The lowest BCUT2D eigenvalue weighted by atomic mass is 10.1. The summed E-state index contributed by atoms with van der Waals surface area (Å²) < 4.78 is 6.95. The summed E-state index contributed by atoms with van der Waals surface area (Å²) >= 11 is 7.80. The normalized spacial score (nSPS) is 14.1. The number of hydrogen-bond acceptors (Lipinski definition) is 7. The van der Waals surface area contributed by atoms with Crippen LogP contribution in [0.3, 0.4) is 0 Å². The topological polar surface area (TPSA) is 75.1 Å². The van der Waals surface area contributed by atoms with Crippen molar-refractivity contribution in [3.8, 4) is 0 Å². The van der Waals surface area contributed by atoms with Crippen LogP contribution >= 0.6 is 22.9 Å². The van der Waals surface area contributed by atoms with E-state index >= 15 is 0 Å². The van der Waals surface area contributed by atoms with Gasteiger partial charge < -0.3 is 24.0 Å². The molecule has 3 aromatic rings. The Morgan fingerprint density at radius 2 is 1.89 bits per heavy atom. The molecule has 8 nitrogen and oxygen atoms in total. The Bertz CT molecular complexity index is 1280. The van der Waals surface area contributed by atoms with Crippen molar-refractivity contribution < 1.29 is 14.3 Å². The number of ether oxygens (including phenoxy) is 1. The molecule has 2 aromatic heterocycles. The van der Waals surface area contributed by atoms with E-state index in [1.807, 2.05) is 47.5 Å². The number of anilines is 1. The number of amides is 1. The number of hydrogen-bond donors (Lipinski definition) is 0. The number of halogens is 1. The number of likely N-dealkylation sites (N-methyl/N-ethyl adjacent to an activating group) is 1. The lowest BCUT2D eigenvalue weighted by Gasteiger charge is -2.37. The summed E-state index contributed by atoms with van der Waals surface area (Å²) in [6.07, 6.45) is 0. The zero-order chi connectivity index (χ0) is 25.1. The molecule has 0 aliphatic carbocycles. The molecule has 1 fully saturated rings. The van der Waals surface area contributed by atoms with Crippen LogP contribution in [0.15, 0.2) is 40.5 Å². The highest BCUT2D eigenvalue weighted by atomic mass is 35.5. The number of nitrogens with zero attached hydrogens (tertiary/aromatic N) is 4. The van der Waals surface area contributed by atoms with Gasteiger partial charge in [0, 0.05) is 49.7 Å². The Labute approximate surface area is 213 Å². The molecular weight excluding hydrogens is 488 g/mol. The van der Waals surface area contributed by atoms with E-state index in [1.54, 1.807) is 28.5 Å².